The van der Waals surface area contributed by atoms with Crippen LogP contribution < -0.4 is 5.32 Å². The van der Waals surface area contributed by atoms with Crippen molar-refractivity contribution in [2.24, 2.45) is 10.9 Å². The number of nitrogens with one attached hydrogen (secondary N) is 1. The molecule has 1 N–H and O–H groups in total. The first kappa shape index (κ1) is 18.8. The molecular formula is C23H26N4S. The van der Waals surface area contributed by atoms with Gasteiger partial charge in [-0.1, -0.05) is 42.5 Å². The van der Waals surface area contributed by atoms with Gasteiger partial charge in [-0.05, 0) is 35.9 Å². The Hall–Kier alpha value is -2.53. The van der Waals surface area contributed by atoms with E-state index in [0.717, 1.165) is 30.5 Å². The maximum absolute atomic E-state index is 4.58. The number of hydrogen-bond acceptors (Lipinski definition) is 3. The van der Waals surface area contributed by atoms with Crippen LogP contribution in [0.5, 0.6) is 0 Å². The van der Waals surface area contributed by atoms with Crippen LogP contribution in [0.15, 0.2) is 76.7 Å². The van der Waals surface area contributed by atoms with Gasteiger partial charge in [0.1, 0.15) is 0 Å². The van der Waals surface area contributed by atoms with E-state index in [-0.39, 0.29) is 0 Å². The van der Waals surface area contributed by atoms with Crippen molar-refractivity contribution in [1.82, 2.24) is 15.2 Å². The Labute approximate surface area is 171 Å². The Morgan fingerprint density at radius 1 is 1.14 bits per heavy atom. The highest BCUT2D eigenvalue weighted by atomic mass is 32.2. The second-order valence-electron chi connectivity index (χ2n) is 7.10. The van der Waals surface area contributed by atoms with Crippen LogP contribution in [0.3, 0.4) is 0 Å². The Bertz CT molecular complexity index is 936. The number of aromatic nitrogens is 1. The maximum atomic E-state index is 4.58. The molecule has 1 unspecified atom stereocenters. The van der Waals surface area contributed by atoms with E-state index >= 15 is 0 Å². The minimum absolute atomic E-state index is 0.688. The van der Waals surface area contributed by atoms with Gasteiger partial charge in [0.2, 0.25) is 0 Å². The fourth-order valence-corrected chi connectivity index (χ4v) is 4.76. The molecule has 2 aromatic carbocycles. The molecule has 3 aromatic rings. The van der Waals surface area contributed by atoms with Crippen LogP contribution in [-0.2, 0) is 6.54 Å². The number of rotatable bonds is 5. The molecule has 0 aliphatic carbocycles. The van der Waals surface area contributed by atoms with E-state index in [1.807, 2.05) is 25.0 Å². The monoisotopic (exact) mass is 390 g/mol. The van der Waals surface area contributed by atoms with Gasteiger partial charge in [-0.3, -0.25) is 9.98 Å². The lowest BCUT2D eigenvalue weighted by molar-refractivity contribution is 0.474. The average molecular weight is 391 g/mol. The molecule has 144 valence electrons. The molecule has 0 amide bonds. The summed E-state index contributed by atoms with van der Waals surface area (Å²) in [6.45, 7) is 2.80. The number of thioether (sulfide) groups is 1. The molecule has 1 aliphatic rings. The standard InChI is InChI=1S/C23H26N4S/c1-24-23(26-15-22-21-10-6-5-7-19(21)11-13-25-22)27-14-12-18(16-27)17-28-20-8-3-2-4-9-20/h2-11,13,18H,12,14-17H2,1H3,(H,24,26). The van der Waals surface area contributed by atoms with E-state index in [1.54, 1.807) is 0 Å². The summed E-state index contributed by atoms with van der Waals surface area (Å²) in [5, 5.41) is 5.95. The Morgan fingerprint density at radius 3 is 2.82 bits per heavy atom. The van der Waals surface area contributed by atoms with E-state index in [2.05, 4.69) is 80.9 Å². The van der Waals surface area contributed by atoms with Crippen molar-refractivity contribution in [3.8, 4) is 0 Å². The fourth-order valence-electron chi connectivity index (χ4n) is 3.71. The first-order valence-corrected chi connectivity index (χ1v) is 10.8. The molecule has 4 nitrogen and oxygen atoms in total. The van der Waals surface area contributed by atoms with Gasteiger partial charge >= 0.3 is 0 Å². The number of benzene rings is 2. The summed E-state index contributed by atoms with van der Waals surface area (Å²) >= 11 is 1.95. The summed E-state index contributed by atoms with van der Waals surface area (Å²) in [5.74, 6) is 2.82. The highest BCUT2D eigenvalue weighted by Crippen LogP contribution is 2.26. The lowest BCUT2D eigenvalue weighted by Crippen LogP contribution is -2.39. The number of fused-ring (bicyclic) bond motifs is 1. The second-order valence-corrected chi connectivity index (χ2v) is 8.20. The summed E-state index contributed by atoms with van der Waals surface area (Å²) in [5.41, 5.74) is 1.06. The molecule has 1 fully saturated rings. The molecule has 0 spiro atoms. The average Bonchev–Trinajstić information content (AvgIpc) is 3.22. The SMILES string of the molecule is CN=C(NCc1nccc2ccccc12)N1CCC(CSc2ccccc2)C1. The lowest BCUT2D eigenvalue weighted by Gasteiger charge is -2.22. The molecule has 5 heteroatoms. The highest BCUT2D eigenvalue weighted by Gasteiger charge is 2.25. The molecule has 1 aromatic heterocycles. The van der Waals surface area contributed by atoms with E-state index < -0.39 is 0 Å². The number of hydrogen-bond donors (Lipinski definition) is 1. The van der Waals surface area contributed by atoms with Crippen LogP contribution in [0.1, 0.15) is 12.1 Å². The van der Waals surface area contributed by atoms with Gasteiger partial charge in [-0.15, -0.1) is 11.8 Å². The molecular weight excluding hydrogens is 364 g/mol. The van der Waals surface area contributed by atoms with Crippen LogP contribution in [0.25, 0.3) is 10.8 Å². The van der Waals surface area contributed by atoms with Gasteiger partial charge in [-0.2, -0.15) is 0 Å². The topological polar surface area (TPSA) is 40.5 Å². The smallest absolute Gasteiger partial charge is 0.193 e. The van der Waals surface area contributed by atoms with E-state index in [1.165, 1.54) is 22.1 Å². The first-order chi connectivity index (χ1) is 13.8. The van der Waals surface area contributed by atoms with E-state index in [9.17, 15) is 0 Å². The van der Waals surface area contributed by atoms with Crippen LogP contribution in [0.4, 0.5) is 0 Å². The van der Waals surface area contributed by atoms with Crippen LogP contribution in [-0.4, -0.2) is 41.7 Å². The maximum Gasteiger partial charge on any atom is 0.193 e. The third-order valence-corrected chi connectivity index (χ3v) is 6.44. The molecule has 0 saturated carbocycles. The number of guanidine groups is 1. The summed E-state index contributed by atoms with van der Waals surface area (Å²) in [7, 11) is 1.87. The van der Waals surface area contributed by atoms with Crippen molar-refractivity contribution in [3.05, 3.63) is 72.6 Å². The van der Waals surface area contributed by atoms with Crippen molar-refractivity contribution in [1.29, 1.82) is 0 Å². The molecule has 4 rings (SSSR count). The van der Waals surface area contributed by atoms with Crippen molar-refractivity contribution in [2.75, 3.05) is 25.9 Å². The normalized spacial score (nSPS) is 17.2. The van der Waals surface area contributed by atoms with E-state index in [4.69, 9.17) is 0 Å². The quantitative estimate of drug-likeness (QED) is 0.398. The van der Waals surface area contributed by atoms with Crippen LogP contribution >= 0.6 is 11.8 Å². The third kappa shape index (κ3) is 4.47. The summed E-state index contributed by atoms with van der Waals surface area (Å²) < 4.78 is 0. The fraction of sp³-hybridized carbons (Fsp3) is 0.304. The molecule has 1 atom stereocenters. The zero-order valence-electron chi connectivity index (χ0n) is 16.2. The van der Waals surface area contributed by atoms with Gasteiger partial charge in [0.25, 0.3) is 0 Å². The zero-order valence-corrected chi connectivity index (χ0v) is 17.0. The van der Waals surface area contributed by atoms with Gasteiger partial charge in [0.15, 0.2) is 5.96 Å². The highest BCUT2D eigenvalue weighted by molar-refractivity contribution is 7.99. The van der Waals surface area contributed by atoms with Crippen molar-refractivity contribution >= 4 is 28.5 Å². The Morgan fingerprint density at radius 2 is 1.96 bits per heavy atom. The van der Waals surface area contributed by atoms with Gasteiger partial charge in [-0.25, -0.2) is 0 Å². The molecule has 28 heavy (non-hydrogen) atoms. The Kier molecular flexibility index (Phi) is 6.12. The van der Waals surface area contributed by atoms with E-state index in [0.29, 0.717) is 12.5 Å². The largest absolute Gasteiger partial charge is 0.351 e. The number of nitrogens with zero attached hydrogens (tertiary/aromatic N) is 3. The lowest BCUT2D eigenvalue weighted by atomic mass is 10.1. The number of likely N-dealkylation sites (tertiary alicyclic amines) is 1. The van der Waals surface area contributed by atoms with Crippen molar-refractivity contribution in [3.63, 3.8) is 0 Å². The van der Waals surface area contributed by atoms with Crippen molar-refractivity contribution < 1.29 is 0 Å². The minimum Gasteiger partial charge on any atom is -0.351 e. The minimum atomic E-state index is 0.688. The van der Waals surface area contributed by atoms with Crippen LogP contribution in [0, 0.1) is 5.92 Å². The summed E-state index contributed by atoms with van der Waals surface area (Å²) in [6, 6.07) is 21.1. The summed E-state index contributed by atoms with van der Waals surface area (Å²) in [4.78, 5) is 12.8. The first-order valence-electron chi connectivity index (χ1n) is 9.79. The number of pyridine rings is 1. The molecule has 0 bridgehead atoms. The predicted molar refractivity (Wildman–Crippen MR) is 119 cm³/mol. The van der Waals surface area contributed by atoms with Gasteiger partial charge in [0, 0.05) is 42.4 Å². The Balaban J connectivity index is 1.33. The molecule has 1 aliphatic heterocycles. The molecule has 1 saturated heterocycles. The van der Waals surface area contributed by atoms with Gasteiger partial charge < -0.3 is 10.2 Å². The third-order valence-electron chi connectivity index (χ3n) is 5.20. The molecule has 2 heterocycles. The molecule has 0 radical (unpaired) electrons. The summed E-state index contributed by atoms with van der Waals surface area (Å²) in [6.07, 6.45) is 3.10. The predicted octanol–water partition coefficient (Wildman–Crippen LogP) is 4.42. The van der Waals surface area contributed by atoms with Crippen LogP contribution in [0.2, 0.25) is 0 Å². The number of aliphatic imine (C=N–C) groups is 1. The van der Waals surface area contributed by atoms with Gasteiger partial charge in [0.05, 0.1) is 12.2 Å². The van der Waals surface area contributed by atoms with Crippen molar-refractivity contribution in [2.45, 2.75) is 17.9 Å². The second kappa shape index (κ2) is 9.11. The zero-order chi connectivity index (χ0) is 19.2.